The van der Waals surface area contributed by atoms with Crippen molar-refractivity contribution in [2.24, 2.45) is 5.92 Å². The first-order valence-electron chi connectivity index (χ1n) is 11.2. The minimum absolute atomic E-state index is 0.0527. The number of halogens is 1. The van der Waals surface area contributed by atoms with E-state index in [9.17, 15) is 24.0 Å². The van der Waals surface area contributed by atoms with Gasteiger partial charge in [-0.15, -0.1) is 0 Å². The Morgan fingerprint density at radius 3 is 2.19 bits per heavy atom. The molecule has 4 rings (SSSR count). The number of benzene rings is 3. The molecule has 1 aliphatic heterocycles. The molecule has 0 spiro atoms. The molecule has 188 valence electrons. The van der Waals surface area contributed by atoms with Crippen molar-refractivity contribution >= 4 is 45.5 Å². The molecule has 1 fully saturated rings. The van der Waals surface area contributed by atoms with Gasteiger partial charge in [0.25, 0.3) is 5.91 Å². The Bertz CT molecular complexity index is 1330. The van der Waals surface area contributed by atoms with Crippen LogP contribution < -0.4 is 10.2 Å². The van der Waals surface area contributed by atoms with Crippen LogP contribution in [0.5, 0.6) is 5.75 Å². The molecule has 37 heavy (non-hydrogen) atoms. The summed E-state index contributed by atoms with van der Waals surface area (Å²) in [5.41, 5.74) is 3.49. The van der Waals surface area contributed by atoms with E-state index in [4.69, 9.17) is 9.47 Å². The van der Waals surface area contributed by atoms with Crippen LogP contribution in [0, 0.1) is 5.92 Å². The second-order valence-electron chi connectivity index (χ2n) is 8.16. The highest BCUT2D eigenvalue weighted by Crippen LogP contribution is 2.19. The molecule has 10 heteroatoms. The molecule has 9 nitrogen and oxygen atoms in total. The number of hydrogen-bond donors (Lipinski definition) is 1. The predicted molar refractivity (Wildman–Crippen MR) is 135 cm³/mol. The zero-order chi connectivity index (χ0) is 26.4. The van der Waals surface area contributed by atoms with Crippen LogP contribution in [0.3, 0.4) is 0 Å². The van der Waals surface area contributed by atoms with Crippen molar-refractivity contribution < 1.29 is 33.4 Å². The van der Waals surface area contributed by atoms with Crippen LogP contribution in [-0.4, -0.2) is 47.7 Å². The third kappa shape index (κ3) is 6.68. The van der Waals surface area contributed by atoms with Crippen molar-refractivity contribution in [2.45, 2.75) is 6.42 Å². The summed E-state index contributed by atoms with van der Waals surface area (Å²) in [6, 6.07) is 20.9. The Hall–Kier alpha value is -4.31. The molecule has 1 unspecified atom stereocenters. The average molecular weight is 565 g/mol. The van der Waals surface area contributed by atoms with E-state index in [1.165, 1.54) is 24.3 Å². The largest absolute Gasteiger partial charge is 0.457 e. The van der Waals surface area contributed by atoms with Gasteiger partial charge in [-0.05, 0) is 60.7 Å². The fraction of sp³-hybridized carbons (Fsp3) is 0.148. The summed E-state index contributed by atoms with van der Waals surface area (Å²) in [5.74, 6) is -3.16. The lowest BCUT2D eigenvalue weighted by molar-refractivity contribution is -0.147. The summed E-state index contributed by atoms with van der Waals surface area (Å²) in [5, 5.41) is 1.08. The normalized spacial score (nSPS) is 14.7. The maximum absolute atomic E-state index is 12.5. The van der Waals surface area contributed by atoms with Crippen LogP contribution in [0.15, 0.2) is 83.3 Å². The molecular formula is C27H21BrN2O7. The van der Waals surface area contributed by atoms with Gasteiger partial charge in [0.2, 0.25) is 5.91 Å². The van der Waals surface area contributed by atoms with E-state index >= 15 is 0 Å². The highest BCUT2D eigenvalue weighted by molar-refractivity contribution is 9.10. The third-order valence-electron chi connectivity index (χ3n) is 5.54. The first kappa shape index (κ1) is 25.8. The maximum Gasteiger partial charge on any atom is 0.343 e. The Labute approximate surface area is 220 Å². The van der Waals surface area contributed by atoms with Crippen LogP contribution in [0.2, 0.25) is 0 Å². The van der Waals surface area contributed by atoms with Crippen LogP contribution in [0.1, 0.15) is 37.5 Å². The summed E-state index contributed by atoms with van der Waals surface area (Å²) < 4.78 is 11.3. The molecule has 1 N–H and O–H groups in total. The number of carbonyl (C=O) groups is 5. The Balaban J connectivity index is 1.25. The number of hydrazine groups is 1. The molecule has 1 saturated heterocycles. The SMILES string of the molecule is O=C(COC(=O)C1CC(=O)N(NC(=O)c2ccccc2)C1)c1ccc(OC(=O)c2ccc(Br)cc2)cc1. The number of ketones is 1. The standard InChI is InChI=1S/C27H21BrN2O7/c28-21-10-6-19(7-11-21)27(35)37-22-12-8-17(9-13-22)23(31)16-36-26(34)20-14-24(32)30(15-20)29-25(33)18-4-2-1-3-5-18/h1-13,20H,14-16H2,(H,29,33). The van der Waals surface area contributed by atoms with Crippen molar-refractivity contribution in [3.05, 3.63) is 100 Å². The van der Waals surface area contributed by atoms with Gasteiger partial charge in [0.15, 0.2) is 12.4 Å². The Morgan fingerprint density at radius 2 is 1.51 bits per heavy atom. The molecule has 2 amide bonds. The Morgan fingerprint density at radius 1 is 0.865 bits per heavy atom. The summed E-state index contributed by atoms with van der Waals surface area (Å²) in [7, 11) is 0. The van der Waals surface area contributed by atoms with Crippen molar-refractivity contribution in [1.29, 1.82) is 0 Å². The highest BCUT2D eigenvalue weighted by atomic mass is 79.9. The minimum Gasteiger partial charge on any atom is -0.457 e. The first-order chi connectivity index (χ1) is 17.8. The first-order valence-corrected chi connectivity index (χ1v) is 12.0. The van der Waals surface area contributed by atoms with E-state index in [2.05, 4.69) is 21.4 Å². The maximum atomic E-state index is 12.5. The number of esters is 2. The van der Waals surface area contributed by atoms with Crippen molar-refractivity contribution in [1.82, 2.24) is 10.4 Å². The van der Waals surface area contributed by atoms with Crippen LogP contribution in [0.4, 0.5) is 0 Å². The highest BCUT2D eigenvalue weighted by Gasteiger charge is 2.36. The molecule has 0 aromatic heterocycles. The second-order valence-corrected chi connectivity index (χ2v) is 9.08. The molecule has 0 saturated carbocycles. The summed E-state index contributed by atoms with van der Waals surface area (Å²) in [4.78, 5) is 61.6. The average Bonchev–Trinajstić information content (AvgIpc) is 3.28. The van der Waals surface area contributed by atoms with Crippen LogP contribution >= 0.6 is 15.9 Å². The van der Waals surface area contributed by atoms with E-state index in [0.717, 1.165) is 9.48 Å². The molecule has 0 bridgehead atoms. The number of nitrogens with zero attached hydrogens (tertiary/aromatic N) is 1. The number of hydrogen-bond acceptors (Lipinski definition) is 7. The lowest BCUT2D eigenvalue weighted by atomic mass is 10.1. The zero-order valence-electron chi connectivity index (χ0n) is 19.4. The van der Waals surface area contributed by atoms with E-state index in [1.54, 1.807) is 54.6 Å². The van der Waals surface area contributed by atoms with Gasteiger partial charge in [-0.1, -0.05) is 34.1 Å². The van der Waals surface area contributed by atoms with Gasteiger partial charge < -0.3 is 9.47 Å². The number of rotatable bonds is 8. The van der Waals surface area contributed by atoms with Crippen molar-refractivity contribution in [3.8, 4) is 5.75 Å². The van der Waals surface area contributed by atoms with Crippen molar-refractivity contribution in [2.75, 3.05) is 13.2 Å². The van der Waals surface area contributed by atoms with Crippen LogP contribution in [0.25, 0.3) is 0 Å². The third-order valence-corrected chi connectivity index (χ3v) is 6.07. The lowest BCUT2D eigenvalue weighted by Gasteiger charge is -2.17. The lowest BCUT2D eigenvalue weighted by Crippen LogP contribution is -2.43. The Kier molecular flexibility index (Phi) is 8.09. The number of ether oxygens (including phenoxy) is 2. The molecule has 3 aromatic carbocycles. The molecule has 0 aliphatic carbocycles. The zero-order valence-corrected chi connectivity index (χ0v) is 21.0. The van der Waals surface area contributed by atoms with Crippen LogP contribution in [-0.2, 0) is 14.3 Å². The van der Waals surface area contributed by atoms with Gasteiger partial charge in [0.1, 0.15) is 5.75 Å². The molecule has 3 aromatic rings. The van der Waals surface area contributed by atoms with Gasteiger partial charge in [0, 0.05) is 22.0 Å². The van der Waals surface area contributed by atoms with Gasteiger partial charge in [-0.2, -0.15) is 0 Å². The quantitative estimate of drug-likeness (QED) is 0.252. The monoisotopic (exact) mass is 564 g/mol. The fourth-order valence-corrected chi connectivity index (χ4v) is 3.81. The second kappa shape index (κ2) is 11.6. The van der Waals surface area contributed by atoms with Crippen molar-refractivity contribution in [3.63, 3.8) is 0 Å². The van der Waals surface area contributed by atoms with Gasteiger partial charge >= 0.3 is 11.9 Å². The number of amides is 2. The topological polar surface area (TPSA) is 119 Å². The minimum atomic E-state index is -0.809. The molecule has 1 heterocycles. The van der Waals surface area contributed by atoms with Gasteiger partial charge in [0.05, 0.1) is 18.0 Å². The molecule has 1 aliphatic rings. The van der Waals surface area contributed by atoms with Gasteiger partial charge in [-0.3, -0.25) is 29.6 Å². The number of carbonyl (C=O) groups excluding carboxylic acids is 5. The molecule has 0 radical (unpaired) electrons. The number of Topliss-reactive ketones (excluding diaryl/α,β-unsaturated/α-hetero) is 1. The smallest absolute Gasteiger partial charge is 0.343 e. The molecule has 1 atom stereocenters. The molecular weight excluding hydrogens is 544 g/mol. The van der Waals surface area contributed by atoms with E-state index < -0.39 is 42.1 Å². The van der Waals surface area contributed by atoms with E-state index in [0.29, 0.717) is 11.1 Å². The fourth-order valence-electron chi connectivity index (χ4n) is 3.55. The number of nitrogens with one attached hydrogen (secondary N) is 1. The van der Waals surface area contributed by atoms with E-state index in [-0.39, 0.29) is 24.3 Å². The van der Waals surface area contributed by atoms with E-state index in [1.807, 2.05) is 0 Å². The summed E-state index contributed by atoms with van der Waals surface area (Å²) >= 11 is 3.30. The van der Waals surface area contributed by atoms with Gasteiger partial charge in [-0.25, -0.2) is 4.79 Å². The summed E-state index contributed by atoms with van der Waals surface area (Å²) in [6.45, 7) is -0.569. The summed E-state index contributed by atoms with van der Waals surface area (Å²) in [6.07, 6.45) is -0.138. The predicted octanol–water partition coefficient (Wildman–Crippen LogP) is 3.59.